The van der Waals surface area contributed by atoms with Gasteiger partial charge in [0.25, 0.3) is 16.7 Å². The number of nitrogen functional groups attached to an aromatic ring is 5. The lowest BCUT2D eigenvalue weighted by molar-refractivity contribution is -0.0815. The summed E-state index contributed by atoms with van der Waals surface area (Å²) >= 11 is 22.9. The standard InChI is InChI=1S/C73H102N25O36P5S4/c1-31-19-93(72(103)87-56(31)74)42-17-35(33(3)124-42)130-136(107,140)120-21-37-36(18-43(125-37)94-20-32(2)57(75)88-73(94)104)131-137(108,141)122-24-40-49(53(116-14-10-112-6)67(128-40)95-27-81-44-58(76)79-26-80-59(44)95)132-135(105,106)119-23-39-50(54(117-15-11-113-7)68(127-39)97-29-83-46-61(97)89-70(77)91-64(46)101)133-139(110,143)123-25-41-51(55(118-16-12-114-8)69(129-41)98-30-84-47-62(98)90-71(78)92-65(47)102)134-138(109,142)121-22-38-48(99)52(115-13-9-111-5)66(126-38)96-28-82-45-60(96)85-34(4)86-63(45)100/h19-20,26-30,33,35-43,48-55,66-69,99H,9-18,21-25H2,1-8H3,(H,105,106)(H,107,140)(H,108,141)(H,109,142)(H,110,143)(H2,74,87,103)(H2,75,88,104)(H2,76,79,80)(H,85,86,100)(H3,77,89,91,101)(H3,78,90,92,102)/t33-,35-,36-,37-,38-,39-,40-,41-,42-,43-,48+,49+,50+,51+,52?,53?,54?,55?,66-,67-,68-,69-,136?,137?,138?,139?/m1/s1. The van der Waals surface area contributed by atoms with Crippen LogP contribution in [0, 0.1) is 20.8 Å². The number of aromatic nitrogens is 20. The Morgan fingerprint density at radius 1 is 0.399 bits per heavy atom. The zero-order valence-corrected chi connectivity index (χ0v) is 84.4. The Hall–Kier alpha value is -8.01. The first-order chi connectivity index (χ1) is 68.0. The molecular formula is C73H102N25O36P5S4. The van der Waals surface area contributed by atoms with Gasteiger partial charge in [0.2, 0.25) is 11.9 Å². The van der Waals surface area contributed by atoms with E-state index in [-0.39, 0.29) is 140 Å². The third kappa shape index (κ3) is 24.4. The highest BCUT2D eigenvalue weighted by Gasteiger charge is 2.58. The Morgan fingerprint density at radius 3 is 1.22 bits per heavy atom. The molecule has 0 aromatic carbocycles. The van der Waals surface area contributed by atoms with Crippen LogP contribution in [-0.2, 0) is 163 Å². The number of aliphatic hydroxyl groups is 1. The monoisotopic (exact) mass is 2190 g/mol. The molecule has 10 aromatic heterocycles. The lowest BCUT2D eigenvalue weighted by atomic mass is 10.1. The van der Waals surface area contributed by atoms with Gasteiger partial charge in [0, 0.05) is 64.8 Å². The van der Waals surface area contributed by atoms with Crippen molar-refractivity contribution in [3.63, 3.8) is 0 Å². The van der Waals surface area contributed by atoms with Gasteiger partial charge in [-0.1, -0.05) is 0 Å². The van der Waals surface area contributed by atoms with Crippen LogP contribution in [-0.4, -0.2) is 339 Å². The van der Waals surface area contributed by atoms with Crippen molar-refractivity contribution in [2.45, 2.75) is 176 Å². The summed E-state index contributed by atoms with van der Waals surface area (Å²) in [4.78, 5) is 182. The number of rotatable bonds is 47. The minimum absolute atomic E-state index is 0.0154. The summed E-state index contributed by atoms with van der Waals surface area (Å²) in [5.74, 6) is -0.707. The van der Waals surface area contributed by atoms with Crippen LogP contribution in [0.5, 0.6) is 0 Å². The number of aromatic amines is 3. The molecule has 6 saturated heterocycles. The number of nitrogens with two attached hydrogens (primary N) is 5. The average molecular weight is 2190 g/mol. The zero-order chi connectivity index (χ0) is 102. The van der Waals surface area contributed by atoms with E-state index in [9.17, 15) is 53.5 Å². The number of hydrogen-bond donors (Lipinski definition) is 14. The van der Waals surface area contributed by atoms with Gasteiger partial charge in [-0.2, -0.15) is 19.9 Å². The summed E-state index contributed by atoms with van der Waals surface area (Å²) in [6.07, 6.45) is -24.1. The van der Waals surface area contributed by atoms with Crippen molar-refractivity contribution < 1.29 is 146 Å². The number of hydrogen-bond acceptors (Lipinski definition) is 51. The average Bonchev–Trinajstić information content (AvgIpc) is 2.21. The number of ether oxygens (including phenoxy) is 14. The molecule has 0 aliphatic carbocycles. The SMILES string of the molecule is COCCOC1[C@@H](O)[C@@H](COP(O)(=S)O[C@@H]2C(OCCOC)[C@H](n3cnc4c(=O)[nH]c(N)nc43)O[C@@H]2COP(O)(=S)O[C@@H]2C(OCCOC)[C@H](n3cnc4c(=O)[nH]c(N)nc43)O[C@@H]2COP(=O)(O)O[C@@H]2C(OCCOC)[C@H](n3cnc4c(N)ncnc43)O[C@@H]2COP(O)(=S)O[C@@H]2C[C@H](n3cc(C)c(N)nc3=O)O[C@@H]2COP(O)(=S)O[C@@H]2C[C@H](n3cc(C)c(N)nc3=O)O[C@@H]2C)O[C@H]1n1cnc2c(=O)[nH]c(C)nc21. The maximum atomic E-state index is 15.5. The van der Waals surface area contributed by atoms with Crippen LogP contribution in [0.1, 0.15) is 74.1 Å². The molecule has 143 heavy (non-hydrogen) atoms. The first-order valence-corrected chi connectivity index (χ1v) is 55.2. The van der Waals surface area contributed by atoms with Crippen molar-refractivity contribution in [2.24, 2.45) is 0 Å². The van der Waals surface area contributed by atoms with Gasteiger partial charge in [0.1, 0.15) is 121 Å². The second-order valence-electron chi connectivity index (χ2n) is 32.9. The smallest absolute Gasteiger partial charge is 0.387 e. The van der Waals surface area contributed by atoms with Gasteiger partial charge in [-0.15, -0.1) is 0 Å². The van der Waals surface area contributed by atoms with Crippen molar-refractivity contribution in [3.05, 3.63) is 113 Å². The van der Waals surface area contributed by atoms with E-state index < -0.39 is 237 Å². The molecule has 0 saturated carbocycles. The van der Waals surface area contributed by atoms with Gasteiger partial charge >= 0.3 is 46.1 Å². The first kappa shape index (κ1) is 108. The van der Waals surface area contributed by atoms with Crippen LogP contribution in [0.15, 0.2) is 68.0 Å². The van der Waals surface area contributed by atoms with Crippen molar-refractivity contribution in [1.82, 2.24) is 97.2 Å². The molecule has 70 heteroatoms. The fraction of sp³-hybridized carbons (Fsp3) is 0.616. The highest BCUT2D eigenvalue weighted by atomic mass is 32.5. The van der Waals surface area contributed by atoms with Crippen molar-refractivity contribution in [2.75, 3.05) is 143 Å². The lowest BCUT2D eigenvalue weighted by Crippen LogP contribution is -2.40. The highest BCUT2D eigenvalue weighted by molar-refractivity contribution is 8.08. The summed E-state index contributed by atoms with van der Waals surface area (Å²) in [6, 6.07) is 0. The van der Waals surface area contributed by atoms with E-state index in [1.807, 2.05) is 0 Å². The van der Waals surface area contributed by atoms with Crippen LogP contribution in [0.25, 0.3) is 44.7 Å². The number of aryl methyl sites for hydroxylation is 3. The lowest BCUT2D eigenvalue weighted by Gasteiger charge is -2.30. The number of fused-ring (bicyclic) bond motifs is 4. The third-order valence-electron chi connectivity index (χ3n) is 23.3. The Balaban J connectivity index is 0.682. The molecule has 0 radical (unpaired) electrons. The van der Waals surface area contributed by atoms with Crippen LogP contribution in [0.4, 0.5) is 29.4 Å². The molecule has 6 aliphatic rings. The van der Waals surface area contributed by atoms with E-state index in [1.165, 1.54) is 76.3 Å². The number of nitrogens with one attached hydrogen (secondary N) is 3. The number of phosphoric ester groups is 1. The second-order valence-corrected chi connectivity index (χ2v) is 45.5. The van der Waals surface area contributed by atoms with Gasteiger partial charge in [0.15, 0.2) is 69.9 Å². The number of imidazole rings is 4. The minimum Gasteiger partial charge on any atom is -0.387 e. The molecule has 6 aliphatic heterocycles. The summed E-state index contributed by atoms with van der Waals surface area (Å²) < 4.78 is 170. The molecular weight excluding hydrogens is 2090 g/mol. The van der Waals surface area contributed by atoms with Crippen LogP contribution in [0.3, 0.4) is 0 Å². The van der Waals surface area contributed by atoms with E-state index in [0.717, 1.165) is 23.5 Å². The Labute approximate surface area is 826 Å². The van der Waals surface area contributed by atoms with Crippen molar-refractivity contribution in [1.29, 1.82) is 0 Å². The maximum Gasteiger partial charge on any atom is 0.472 e. The molecule has 10 aromatic rings. The van der Waals surface area contributed by atoms with Crippen LogP contribution < -0.4 is 56.7 Å². The molecule has 9 unspecified atom stereocenters. The van der Waals surface area contributed by atoms with Crippen molar-refractivity contribution in [3.8, 4) is 0 Å². The van der Waals surface area contributed by atoms with Gasteiger partial charge in [0.05, 0.1) is 130 Å². The second kappa shape index (κ2) is 45.2. The molecule has 784 valence electrons. The molecule has 16 heterocycles. The van der Waals surface area contributed by atoms with Gasteiger partial charge < -0.3 is 157 Å². The molecule has 0 bridgehead atoms. The highest BCUT2D eigenvalue weighted by Crippen LogP contribution is 2.58. The largest absolute Gasteiger partial charge is 0.472 e. The van der Waals surface area contributed by atoms with Crippen molar-refractivity contribution >= 4 is 156 Å². The number of phosphoric acid groups is 1. The fourth-order valence-corrected chi connectivity index (χ4v) is 23.4. The predicted molar refractivity (Wildman–Crippen MR) is 504 cm³/mol. The van der Waals surface area contributed by atoms with Crippen LogP contribution in [0.2, 0.25) is 0 Å². The first-order valence-electron chi connectivity index (χ1n) is 43.4. The predicted octanol–water partition coefficient (Wildman–Crippen LogP) is -1.78. The third-order valence-corrected chi connectivity index (χ3v) is 30.6. The van der Waals surface area contributed by atoms with E-state index in [4.69, 9.17) is 187 Å². The number of methoxy groups -OCH3 is 4. The molecule has 6 fully saturated rings. The Bertz CT molecular complexity index is 6830. The summed E-state index contributed by atoms with van der Waals surface area (Å²) in [5.41, 5.74) is 26.6. The molecule has 16 rings (SSSR count). The summed E-state index contributed by atoms with van der Waals surface area (Å²) in [7, 11) is -0.320. The minimum atomic E-state index is -5.82. The number of H-pyrrole nitrogens is 3. The van der Waals surface area contributed by atoms with Gasteiger partial charge in [-0.05, 0) is 74.9 Å². The van der Waals surface area contributed by atoms with E-state index in [0.29, 0.717) is 11.1 Å². The molecule has 0 spiro atoms. The van der Waals surface area contributed by atoms with Gasteiger partial charge in [-0.25, -0.2) is 49.0 Å². The molecule has 19 N–H and O–H groups in total. The molecule has 0 amide bonds. The number of aliphatic hydroxyl groups excluding tert-OH is 1. The summed E-state index contributed by atoms with van der Waals surface area (Å²) in [5, 5.41) is 12.0. The molecule has 61 nitrogen and oxygen atoms in total. The fourth-order valence-electron chi connectivity index (χ4n) is 16.6. The number of nitrogens with zero attached hydrogens (tertiary/aromatic N) is 17. The number of anilines is 5. The Morgan fingerprint density at radius 2 is 0.762 bits per heavy atom. The van der Waals surface area contributed by atoms with E-state index in [2.05, 4.69) is 69.8 Å². The van der Waals surface area contributed by atoms with Gasteiger partial charge in [-0.3, -0.25) is 69.8 Å². The van der Waals surface area contributed by atoms with Crippen LogP contribution >= 0.6 is 34.7 Å². The Kier molecular flexibility index (Phi) is 34.0. The summed E-state index contributed by atoms with van der Waals surface area (Å²) in [6.45, 7) is -18.3. The quantitative estimate of drug-likeness (QED) is 0.0148. The normalized spacial score (nSPS) is 29.0. The van der Waals surface area contributed by atoms with E-state index >= 15 is 4.57 Å². The zero-order valence-electron chi connectivity index (χ0n) is 76.6. The van der Waals surface area contributed by atoms with E-state index in [1.54, 1.807) is 27.7 Å². The molecule has 27 atom stereocenters. The maximum absolute atomic E-state index is 15.5. The topological polar surface area (TPSA) is 794 Å².